The molecule has 3 heteroatoms. The van der Waals surface area contributed by atoms with E-state index in [4.69, 9.17) is 0 Å². The Bertz CT molecular complexity index is 949. The molecule has 3 nitrogen and oxygen atoms in total. The second-order valence-corrected chi connectivity index (χ2v) is 6.87. The van der Waals surface area contributed by atoms with E-state index < -0.39 is 0 Å². The number of nitrogens with zero attached hydrogens (tertiary/aromatic N) is 1. The number of hydrogen-bond acceptors (Lipinski definition) is 2. The van der Waals surface area contributed by atoms with Crippen LogP contribution in [0.2, 0.25) is 0 Å². The fourth-order valence-electron chi connectivity index (χ4n) is 3.59. The van der Waals surface area contributed by atoms with Crippen molar-refractivity contribution in [2.24, 2.45) is 0 Å². The number of hydrogen-bond donors (Lipinski definition) is 1. The number of nitrogens with one attached hydrogen (secondary N) is 1. The van der Waals surface area contributed by atoms with Gasteiger partial charge in [0.2, 0.25) is 0 Å². The van der Waals surface area contributed by atoms with Gasteiger partial charge in [-0.1, -0.05) is 66.2 Å². The standard InChI is InChI=1S/C23H22N2O/c1-16-12-13-21(17(2)14-16)24-22-19-10-6-7-11-20(19)23(26)25(22)15-18-8-4-3-5-9-18/h3-14,22,24H,15H2,1-2H3/t22-/m1/s1. The number of carbonyl (C=O) groups is 1. The maximum absolute atomic E-state index is 13.0. The van der Waals surface area contributed by atoms with E-state index in [1.54, 1.807) is 0 Å². The summed E-state index contributed by atoms with van der Waals surface area (Å²) in [6.07, 6.45) is -0.166. The minimum atomic E-state index is -0.166. The highest BCUT2D eigenvalue weighted by atomic mass is 16.2. The quantitative estimate of drug-likeness (QED) is 0.718. The van der Waals surface area contributed by atoms with Gasteiger partial charge in [-0.05, 0) is 37.1 Å². The average molecular weight is 342 g/mol. The first kappa shape index (κ1) is 16.4. The van der Waals surface area contributed by atoms with E-state index >= 15 is 0 Å². The van der Waals surface area contributed by atoms with Crippen molar-refractivity contribution in [2.45, 2.75) is 26.6 Å². The normalized spacial score (nSPS) is 15.8. The third-order valence-corrected chi connectivity index (χ3v) is 4.93. The fourth-order valence-corrected chi connectivity index (χ4v) is 3.59. The fraction of sp³-hybridized carbons (Fsp3) is 0.174. The molecule has 1 amide bonds. The Balaban J connectivity index is 1.71. The third kappa shape index (κ3) is 2.97. The van der Waals surface area contributed by atoms with E-state index in [-0.39, 0.29) is 12.1 Å². The topological polar surface area (TPSA) is 32.3 Å². The lowest BCUT2D eigenvalue weighted by molar-refractivity contribution is 0.0728. The molecule has 1 N–H and O–H groups in total. The summed E-state index contributed by atoms with van der Waals surface area (Å²) >= 11 is 0. The second-order valence-electron chi connectivity index (χ2n) is 6.87. The summed E-state index contributed by atoms with van der Waals surface area (Å²) in [6.45, 7) is 4.77. The van der Waals surface area contributed by atoms with Gasteiger partial charge in [-0.15, -0.1) is 0 Å². The molecule has 4 rings (SSSR count). The summed E-state index contributed by atoms with van der Waals surface area (Å²) < 4.78 is 0. The molecule has 0 bridgehead atoms. The number of carbonyl (C=O) groups excluding carboxylic acids is 1. The van der Waals surface area contributed by atoms with Crippen molar-refractivity contribution in [2.75, 3.05) is 5.32 Å². The summed E-state index contributed by atoms with van der Waals surface area (Å²) in [6, 6.07) is 24.4. The maximum atomic E-state index is 13.0. The third-order valence-electron chi connectivity index (χ3n) is 4.93. The van der Waals surface area contributed by atoms with Crippen LogP contribution in [-0.2, 0) is 6.54 Å². The number of amides is 1. The Hall–Kier alpha value is -3.07. The summed E-state index contributed by atoms with van der Waals surface area (Å²) in [4.78, 5) is 14.9. The molecule has 130 valence electrons. The van der Waals surface area contributed by atoms with Gasteiger partial charge in [0.15, 0.2) is 0 Å². The van der Waals surface area contributed by atoms with Crippen molar-refractivity contribution in [1.29, 1.82) is 0 Å². The number of aryl methyl sites for hydroxylation is 2. The first-order valence-corrected chi connectivity index (χ1v) is 8.91. The van der Waals surface area contributed by atoms with Crippen LogP contribution in [0.3, 0.4) is 0 Å². The number of anilines is 1. The molecule has 3 aromatic rings. The smallest absolute Gasteiger partial charge is 0.256 e. The minimum Gasteiger partial charge on any atom is -0.361 e. The molecule has 0 aliphatic carbocycles. The number of fused-ring (bicyclic) bond motifs is 1. The van der Waals surface area contributed by atoms with Gasteiger partial charge in [0.05, 0.1) is 0 Å². The molecule has 3 aromatic carbocycles. The van der Waals surface area contributed by atoms with Gasteiger partial charge in [-0.3, -0.25) is 4.79 Å². The SMILES string of the molecule is Cc1ccc(N[C@H]2c3ccccc3C(=O)N2Cc2ccccc2)c(C)c1. The van der Waals surface area contributed by atoms with Gasteiger partial charge in [0.1, 0.15) is 6.17 Å². The van der Waals surface area contributed by atoms with Crippen LogP contribution < -0.4 is 5.32 Å². The Labute approximate surface area is 154 Å². The summed E-state index contributed by atoms with van der Waals surface area (Å²) in [5.41, 5.74) is 6.42. The molecule has 1 heterocycles. The van der Waals surface area contributed by atoms with Crippen LogP contribution in [0.15, 0.2) is 72.8 Å². The summed E-state index contributed by atoms with van der Waals surface area (Å²) in [5, 5.41) is 3.60. The van der Waals surface area contributed by atoms with Crippen LogP contribution in [0.1, 0.15) is 38.8 Å². The highest BCUT2D eigenvalue weighted by molar-refractivity contribution is 5.99. The molecule has 0 fully saturated rings. The van der Waals surface area contributed by atoms with Crippen molar-refractivity contribution in [1.82, 2.24) is 4.90 Å². The van der Waals surface area contributed by atoms with Crippen molar-refractivity contribution in [3.05, 3.63) is 101 Å². The van der Waals surface area contributed by atoms with E-state index in [0.29, 0.717) is 6.54 Å². The molecule has 0 spiro atoms. The molecular weight excluding hydrogens is 320 g/mol. The minimum absolute atomic E-state index is 0.0757. The predicted octanol–water partition coefficient (Wildman–Crippen LogP) is 5.07. The zero-order valence-electron chi connectivity index (χ0n) is 15.1. The lowest BCUT2D eigenvalue weighted by Crippen LogP contribution is -2.32. The van der Waals surface area contributed by atoms with Gasteiger partial charge in [-0.25, -0.2) is 0 Å². The summed E-state index contributed by atoms with van der Waals surface area (Å²) in [5.74, 6) is 0.0757. The monoisotopic (exact) mass is 342 g/mol. The lowest BCUT2D eigenvalue weighted by Gasteiger charge is -2.28. The van der Waals surface area contributed by atoms with Gasteiger partial charge in [-0.2, -0.15) is 0 Å². The Morgan fingerprint density at radius 3 is 2.42 bits per heavy atom. The van der Waals surface area contributed by atoms with Gasteiger partial charge >= 0.3 is 0 Å². The molecular formula is C23H22N2O. The van der Waals surface area contributed by atoms with Crippen molar-refractivity contribution < 1.29 is 4.79 Å². The molecule has 26 heavy (non-hydrogen) atoms. The van der Waals surface area contributed by atoms with Crippen molar-refractivity contribution in [3.63, 3.8) is 0 Å². The molecule has 1 aliphatic heterocycles. The zero-order valence-corrected chi connectivity index (χ0v) is 15.1. The van der Waals surface area contributed by atoms with Crippen LogP contribution in [0.25, 0.3) is 0 Å². The van der Waals surface area contributed by atoms with Gasteiger partial charge in [0.25, 0.3) is 5.91 Å². The van der Waals surface area contributed by atoms with E-state index in [9.17, 15) is 4.79 Å². The Morgan fingerprint density at radius 2 is 1.65 bits per heavy atom. The largest absolute Gasteiger partial charge is 0.361 e. The lowest BCUT2D eigenvalue weighted by atomic mass is 10.1. The first-order chi connectivity index (χ1) is 12.6. The van der Waals surface area contributed by atoms with Gasteiger partial charge < -0.3 is 10.2 Å². The molecule has 1 aliphatic rings. The molecule has 0 saturated heterocycles. The first-order valence-electron chi connectivity index (χ1n) is 8.91. The molecule has 0 aromatic heterocycles. The van der Waals surface area contributed by atoms with E-state index in [1.807, 2.05) is 47.4 Å². The Kier molecular flexibility index (Phi) is 4.21. The van der Waals surface area contributed by atoms with Crippen LogP contribution in [0.5, 0.6) is 0 Å². The maximum Gasteiger partial charge on any atom is 0.256 e. The second kappa shape index (κ2) is 6.68. The number of rotatable bonds is 4. The molecule has 0 radical (unpaired) electrons. The molecule has 0 saturated carbocycles. The van der Waals surface area contributed by atoms with Crippen LogP contribution in [0.4, 0.5) is 5.69 Å². The zero-order chi connectivity index (χ0) is 18.1. The molecule has 1 atom stereocenters. The van der Waals surface area contributed by atoms with E-state index in [0.717, 1.165) is 22.4 Å². The van der Waals surface area contributed by atoms with Crippen molar-refractivity contribution in [3.8, 4) is 0 Å². The van der Waals surface area contributed by atoms with Crippen LogP contribution in [0, 0.1) is 13.8 Å². The van der Waals surface area contributed by atoms with E-state index in [1.165, 1.54) is 11.1 Å². The average Bonchev–Trinajstić information content (AvgIpc) is 2.91. The highest BCUT2D eigenvalue weighted by Crippen LogP contribution is 2.36. The van der Waals surface area contributed by atoms with E-state index in [2.05, 4.69) is 49.5 Å². The Morgan fingerprint density at radius 1 is 0.923 bits per heavy atom. The summed E-state index contributed by atoms with van der Waals surface area (Å²) in [7, 11) is 0. The van der Waals surface area contributed by atoms with Crippen LogP contribution in [-0.4, -0.2) is 10.8 Å². The van der Waals surface area contributed by atoms with Crippen molar-refractivity contribution >= 4 is 11.6 Å². The number of benzene rings is 3. The van der Waals surface area contributed by atoms with Gasteiger partial charge in [0, 0.05) is 23.4 Å². The molecule has 0 unspecified atom stereocenters. The predicted molar refractivity (Wildman–Crippen MR) is 105 cm³/mol. The highest BCUT2D eigenvalue weighted by Gasteiger charge is 2.36. The van der Waals surface area contributed by atoms with Crippen LogP contribution >= 0.6 is 0 Å².